The molecule has 3 amide bonds. The number of rotatable bonds is 14. The van der Waals surface area contributed by atoms with E-state index in [1.54, 1.807) is 48.4 Å². The van der Waals surface area contributed by atoms with Gasteiger partial charge in [0.2, 0.25) is 11.8 Å². The number of pyridine rings is 1. The first-order valence-corrected chi connectivity index (χ1v) is 21.3. The van der Waals surface area contributed by atoms with Crippen LogP contribution in [0, 0.1) is 0 Å². The topological polar surface area (TPSA) is 156 Å². The Hall–Kier alpha value is -4.62. The molecule has 5 atom stereocenters. The summed E-state index contributed by atoms with van der Waals surface area (Å²) in [5.74, 6) is -0.532. The van der Waals surface area contributed by atoms with E-state index in [2.05, 4.69) is 15.4 Å². The van der Waals surface area contributed by atoms with Crippen molar-refractivity contribution in [2.75, 3.05) is 33.4 Å². The minimum Gasteiger partial charge on any atom is -0.462 e. The number of aromatic nitrogens is 1. The molecule has 55 heavy (non-hydrogen) atoms. The molecule has 3 saturated heterocycles. The minimum atomic E-state index is -3.71. The summed E-state index contributed by atoms with van der Waals surface area (Å²) in [4.78, 5) is 62.3. The summed E-state index contributed by atoms with van der Waals surface area (Å²) in [7, 11) is -2.21. The minimum absolute atomic E-state index is 0.0119. The van der Waals surface area contributed by atoms with Crippen LogP contribution >= 0.6 is 18.9 Å². The number of carbonyl (C=O) groups excluding carboxylic acids is 4. The van der Waals surface area contributed by atoms with Crippen molar-refractivity contribution in [2.24, 2.45) is 0 Å². The van der Waals surface area contributed by atoms with Crippen LogP contribution in [-0.4, -0.2) is 96.1 Å². The first-order chi connectivity index (χ1) is 26.6. The number of carbonyl (C=O) groups is 4. The van der Waals surface area contributed by atoms with Gasteiger partial charge in [0.15, 0.2) is 0 Å². The fourth-order valence-electron chi connectivity index (χ4n) is 7.66. The molecule has 3 aliphatic rings. The average molecular weight is 788 g/mol. The number of fused-ring (bicyclic) bond motifs is 2. The van der Waals surface area contributed by atoms with Gasteiger partial charge in [-0.05, 0) is 91.9 Å². The van der Waals surface area contributed by atoms with Crippen LogP contribution in [0.4, 0.5) is 0 Å². The van der Waals surface area contributed by atoms with E-state index in [4.69, 9.17) is 14.0 Å². The van der Waals surface area contributed by atoms with Crippen LogP contribution in [0.25, 0.3) is 10.1 Å². The van der Waals surface area contributed by atoms with Gasteiger partial charge in [-0.25, -0.2) is 5.09 Å². The number of nitrogens with zero attached hydrogens (tertiary/aromatic N) is 3. The van der Waals surface area contributed by atoms with Gasteiger partial charge < -0.3 is 29.1 Å². The van der Waals surface area contributed by atoms with E-state index in [9.17, 15) is 23.7 Å². The molecule has 2 unspecified atom stereocenters. The van der Waals surface area contributed by atoms with Crippen molar-refractivity contribution in [3.8, 4) is 5.75 Å². The third kappa shape index (κ3) is 8.94. The van der Waals surface area contributed by atoms with Gasteiger partial charge in [0.05, 0.1) is 17.6 Å². The van der Waals surface area contributed by atoms with Crippen LogP contribution in [0.15, 0.2) is 79.1 Å². The zero-order valence-corrected chi connectivity index (χ0v) is 32.6. The third-order valence-electron chi connectivity index (χ3n) is 10.5. The maximum atomic E-state index is 14.3. The highest BCUT2D eigenvalue weighted by Crippen LogP contribution is 2.47. The van der Waals surface area contributed by atoms with Crippen LogP contribution in [0.2, 0.25) is 0 Å². The smallest absolute Gasteiger partial charge is 0.323 e. The number of likely N-dealkylation sites (tertiary alicyclic amines) is 1. The Balaban J connectivity index is 1.01. The van der Waals surface area contributed by atoms with E-state index in [0.717, 1.165) is 34.9 Å². The van der Waals surface area contributed by atoms with Gasteiger partial charge in [-0.1, -0.05) is 30.3 Å². The Morgan fingerprint density at radius 2 is 1.82 bits per heavy atom. The number of hydrogen-bond acceptors (Lipinski definition) is 10. The molecule has 0 aliphatic carbocycles. The summed E-state index contributed by atoms with van der Waals surface area (Å²) in [6, 6.07) is 17.8. The number of methoxy groups -OCH3 is 1. The Morgan fingerprint density at radius 3 is 2.58 bits per heavy atom. The zero-order chi connectivity index (χ0) is 38.5. The molecule has 13 nitrogen and oxygen atoms in total. The van der Waals surface area contributed by atoms with Gasteiger partial charge in [-0.2, -0.15) is 0 Å². The van der Waals surface area contributed by atoms with E-state index in [0.29, 0.717) is 42.1 Å². The molecule has 2 N–H and O–H groups in total. The molecule has 3 fully saturated rings. The number of benzene rings is 2. The molecule has 3 aliphatic heterocycles. The van der Waals surface area contributed by atoms with Crippen LogP contribution in [-0.2, 0) is 34.6 Å². The summed E-state index contributed by atoms with van der Waals surface area (Å²) in [6.07, 6.45) is 7.00. The van der Waals surface area contributed by atoms with E-state index in [1.165, 1.54) is 18.4 Å². The van der Waals surface area contributed by atoms with Gasteiger partial charge in [0.1, 0.15) is 30.5 Å². The molecule has 4 aromatic rings. The number of amides is 3. The van der Waals surface area contributed by atoms with Gasteiger partial charge in [-0.15, -0.1) is 11.3 Å². The zero-order valence-electron chi connectivity index (χ0n) is 30.9. The lowest BCUT2D eigenvalue weighted by Crippen LogP contribution is -2.58. The van der Waals surface area contributed by atoms with E-state index in [-0.39, 0.29) is 49.1 Å². The van der Waals surface area contributed by atoms with Gasteiger partial charge in [-0.3, -0.25) is 28.7 Å². The van der Waals surface area contributed by atoms with E-state index < -0.39 is 31.6 Å². The molecule has 2 aromatic carbocycles. The molecule has 15 heteroatoms. The predicted molar refractivity (Wildman–Crippen MR) is 208 cm³/mol. The maximum absolute atomic E-state index is 14.3. The molecular weight excluding hydrogens is 742 g/mol. The van der Waals surface area contributed by atoms with Crippen molar-refractivity contribution in [2.45, 2.75) is 75.3 Å². The SMILES string of the molecule is COCCOC(=O)[C@H](C)NP(=O)(Cc1ccc2sc(C(=O)NC3CCC[C@H]4CC[C@@H](C(=O)N5CC(c6cccnc6)C5)N4C3=O)cc2c1)Oc1ccccc1. The van der Waals surface area contributed by atoms with Crippen LogP contribution < -0.4 is 14.9 Å². The second-order valence-electron chi connectivity index (χ2n) is 14.4. The lowest BCUT2D eigenvalue weighted by Gasteiger charge is -2.42. The van der Waals surface area contributed by atoms with Gasteiger partial charge in [0.25, 0.3) is 5.91 Å². The van der Waals surface area contributed by atoms with Gasteiger partial charge >= 0.3 is 13.5 Å². The number of ether oxygens (including phenoxy) is 2. The summed E-state index contributed by atoms with van der Waals surface area (Å²) in [5.41, 5.74) is 1.78. The van der Waals surface area contributed by atoms with E-state index >= 15 is 0 Å². The monoisotopic (exact) mass is 787 g/mol. The fraction of sp³-hybridized carbons (Fsp3) is 0.425. The molecule has 0 radical (unpaired) electrons. The molecule has 7 rings (SSSR count). The second-order valence-corrected chi connectivity index (χ2v) is 17.6. The number of esters is 1. The van der Waals surface area contributed by atoms with Crippen LogP contribution in [0.1, 0.15) is 65.7 Å². The first kappa shape index (κ1) is 38.6. The van der Waals surface area contributed by atoms with E-state index in [1.807, 2.05) is 47.5 Å². The number of hydrogen-bond donors (Lipinski definition) is 2. The molecular formula is C40H46N5O8PS. The highest BCUT2D eigenvalue weighted by atomic mass is 32.1. The lowest BCUT2D eigenvalue weighted by atomic mass is 9.92. The van der Waals surface area contributed by atoms with Crippen molar-refractivity contribution in [1.82, 2.24) is 25.2 Å². The quantitative estimate of drug-likeness (QED) is 0.0951. The third-order valence-corrected chi connectivity index (χ3v) is 13.7. The normalized spacial score (nSPS) is 21.6. The van der Waals surface area contributed by atoms with Crippen molar-refractivity contribution >= 4 is 52.6 Å². The predicted octanol–water partition coefficient (Wildman–Crippen LogP) is 5.50. The molecule has 0 bridgehead atoms. The number of nitrogens with one attached hydrogen (secondary N) is 2. The Kier molecular flexibility index (Phi) is 12.0. The lowest BCUT2D eigenvalue weighted by molar-refractivity contribution is -0.148. The number of para-hydroxylation sites is 1. The molecule has 2 aromatic heterocycles. The maximum Gasteiger partial charge on any atom is 0.323 e. The second kappa shape index (κ2) is 17.0. The molecule has 0 saturated carbocycles. The highest BCUT2D eigenvalue weighted by molar-refractivity contribution is 7.56. The Morgan fingerprint density at radius 1 is 1.00 bits per heavy atom. The Bertz CT molecular complexity index is 2060. The summed E-state index contributed by atoms with van der Waals surface area (Å²) in [6.45, 7) is 3.09. The first-order valence-electron chi connectivity index (χ1n) is 18.7. The average Bonchev–Trinajstić information content (AvgIpc) is 3.75. The van der Waals surface area contributed by atoms with Crippen LogP contribution in [0.5, 0.6) is 5.75 Å². The standard InChI is InChI=1S/C40H46N5O8PS/c1-26(40(49)52-19-18-51-2)43-54(50,53-32-10-4-3-5-11-32)25-27-13-16-35-29(20-27)21-36(55-35)37(46)42-33-12-6-9-31-14-15-34(45(31)38(33)47)39(48)44-23-30(24-44)28-8-7-17-41-22-28/h3-5,7-8,10-11,13,16-17,20-22,26,30-31,33-34H,6,9,12,14-15,18-19,23-25H2,1-2H3,(H,42,46)(H,43,50)/t26-,31-,33?,34-,54?/m0/s1. The molecule has 290 valence electrons. The van der Waals surface area contributed by atoms with Gasteiger partial charge in [0, 0.05) is 49.3 Å². The highest BCUT2D eigenvalue weighted by Gasteiger charge is 2.47. The van der Waals surface area contributed by atoms with Crippen molar-refractivity contribution < 1.29 is 37.7 Å². The summed E-state index contributed by atoms with van der Waals surface area (Å²) >= 11 is 1.30. The molecule has 0 spiro atoms. The fourth-order valence-corrected chi connectivity index (χ4v) is 10.7. The van der Waals surface area contributed by atoms with Crippen molar-refractivity contribution in [3.05, 3.63) is 95.1 Å². The summed E-state index contributed by atoms with van der Waals surface area (Å²) in [5, 5.41) is 6.65. The van der Waals surface area contributed by atoms with Crippen molar-refractivity contribution in [3.63, 3.8) is 0 Å². The Labute approximate surface area is 324 Å². The largest absolute Gasteiger partial charge is 0.462 e. The molecule has 5 heterocycles. The van der Waals surface area contributed by atoms with Crippen LogP contribution in [0.3, 0.4) is 0 Å². The van der Waals surface area contributed by atoms with Crippen molar-refractivity contribution in [1.29, 1.82) is 0 Å². The summed E-state index contributed by atoms with van der Waals surface area (Å²) < 4.78 is 31.3. The number of thiophene rings is 1.